The van der Waals surface area contributed by atoms with E-state index in [4.69, 9.17) is 0 Å². The van der Waals surface area contributed by atoms with Gasteiger partial charge in [0.1, 0.15) is 12.7 Å². The van der Waals surface area contributed by atoms with Crippen LogP contribution in [-0.4, -0.2) is 56.1 Å². The molecule has 0 spiro atoms. The molecule has 1 aromatic carbocycles. The van der Waals surface area contributed by atoms with Gasteiger partial charge in [-0.15, -0.1) is 0 Å². The van der Waals surface area contributed by atoms with Crippen LogP contribution in [0.25, 0.3) is 0 Å². The van der Waals surface area contributed by atoms with Crippen molar-refractivity contribution in [2.75, 3.05) is 19.6 Å². The lowest BCUT2D eigenvalue weighted by Gasteiger charge is -2.36. The quantitative estimate of drug-likeness (QED) is 0.799. The van der Waals surface area contributed by atoms with E-state index in [0.717, 1.165) is 39.1 Å². The number of amides is 1. The minimum atomic E-state index is 0.295. The monoisotopic (exact) mass is 353 g/mol. The van der Waals surface area contributed by atoms with Crippen molar-refractivity contribution in [3.05, 3.63) is 48.5 Å². The van der Waals surface area contributed by atoms with E-state index in [1.54, 1.807) is 11.0 Å². The van der Waals surface area contributed by atoms with E-state index in [2.05, 4.69) is 50.2 Å². The molecule has 26 heavy (non-hydrogen) atoms. The van der Waals surface area contributed by atoms with E-state index in [0.29, 0.717) is 24.3 Å². The number of carbonyl (C=O) groups is 1. The van der Waals surface area contributed by atoms with Gasteiger partial charge < -0.3 is 4.90 Å². The number of aryl methyl sites for hydroxylation is 1. The smallest absolute Gasteiger partial charge is 0.222 e. The molecule has 6 nitrogen and oxygen atoms in total. The molecule has 3 aliphatic heterocycles. The Balaban J connectivity index is 1.32. The summed E-state index contributed by atoms with van der Waals surface area (Å²) in [6.45, 7) is 4.67. The predicted molar refractivity (Wildman–Crippen MR) is 99.2 cm³/mol. The molecular weight excluding hydrogens is 326 g/mol. The molecule has 0 radical (unpaired) electrons. The molecule has 2 bridgehead atoms. The first-order valence-electron chi connectivity index (χ1n) is 9.66. The number of aromatic nitrogens is 3. The molecule has 5 rings (SSSR count). The average molecular weight is 353 g/mol. The zero-order valence-corrected chi connectivity index (χ0v) is 15.2. The molecule has 1 aromatic heterocycles. The van der Waals surface area contributed by atoms with Crippen molar-refractivity contribution >= 4 is 5.91 Å². The van der Waals surface area contributed by atoms with E-state index >= 15 is 0 Å². The van der Waals surface area contributed by atoms with Crippen LogP contribution in [0.2, 0.25) is 0 Å². The Morgan fingerprint density at radius 2 is 2.00 bits per heavy atom. The predicted octanol–water partition coefficient (Wildman–Crippen LogP) is 2.18. The Hall–Kier alpha value is -2.21. The molecule has 0 saturated carbocycles. The summed E-state index contributed by atoms with van der Waals surface area (Å²) in [7, 11) is 0. The van der Waals surface area contributed by atoms with Crippen molar-refractivity contribution in [1.82, 2.24) is 24.6 Å². The molecular formula is C20H27N5O. The van der Waals surface area contributed by atoms with Crippen LogP contribution in [0, 0.1) is 5.92 Å². The zero-order valence-electron chi connectivity index (χ0n) is 15.2. The molecule has 2 aromatic rings. The molecule has 1 amide bonds. The van der Waals surface area contributed by atoms with E-state index < -0.39 is 0 Å². The Morgan fingerprint density at radius 3 is 2.81 bits per heavy atom. The highest BCUT2D eigenvalue weighted by Gasteiger charge is 2.36. The number of nitrogens with zero attached hydrogens (tertiary/aromatic N) is 5. The molecule has 138 valence electrons. The van der Waals surface area contributed by atoms with E-state index in [1.807, 2.05) is 0 Å². The van der Waals surface area contributed by atoms with Gasteiger partial charge in [-0.2, -0.15) is 5.10 Å². The number of fused-ring (bicyclic) bond motifs is 4. The lowest BCUT2D eigenvalue weighted by molar-refractivity contribution is -0.131. The number of carbonyl (C=O) groups excluding carboxylic acids is 1. The third kappa shape index (κ3) is 4.12. The van der Waals surface area contributed by atoms with Gasteiger partial charge in [0.25, 0.3) is 0 Å². The van der Waals surface area contributed by atoms with E-state index in [9.17, 15) is 4.79 Å². The largest absolute Gasteiger partial charge is 0.341 e. The van der Waals surface area contributed by atoms with Crippen molar-refractivity contribution in [2.45, 2.75) is 44.8 Å². The van der Waals surface area contributed by atoms with Crippen LogP contribution in [0.3, 0.4) is 0 Å². The van der Waals surface area contributed by atoms with Gasteiger partial charge in [0.2, 0.25) is 5.91 Å². The lowest BCUT2D eigenvalue weighted by Crippen LogP contribution is -2.43. The molecule has 3 fully saturated rings. The molecule has 0 unspecified atom stereocenters. The first-order chi connectivity index (χ1) is 12.8. The molecule has 0 aliphatic carbocycles. The summed E-state index contributed by atoms with van der Waals surface area (Å²) in [4.78, 5) is 21.4. The van der Waals surface area contributed by atoms with Crippen molar-refractivity contribution in [2.24, 2.45) is 5.92 Å². The first kappa shape index (κ1) is 17.2. The SMILES string of the molecule is O=C(CCCn1cncn1)N1C[C@@H]2CC[C@H](C1)N(Cc1ccccc1)C2. The highest BCUT2D eigenvalue weighted by atomic mass is 16.2. The van der Waals surface area contributed by atoms with Crippen LogP contribution in [0.15, 0.2) is 43.0 Å². The van der Waals surface area contributed by atoms with Crippen molar-refractivity contribution in [3.63, 3.8) is 0 Å². The first-order valence-corrected chi connectivity index (χ1v) is 9.66. The summed E-state index contributed by atoms with van der Waals surface area (Å²) in [5.74, 6) is 0.903. The van der Waals surface area contributed by atoms with Crippen molar-refractivity contribution in [1.29, 1.82) is 0 Å². The third-order valence-corrected chi connectivity index (χ3v) is 5.65. The van der Waals surface area contributed by atoms with Crippen LogP contribution < -0.4 is 0 Å². The molecule has 6 heteroatoms. The maximum absolute atomic E-state index is 12.7. The minimum absolute atomic E-state index is 0.295. The molecule has 0 N–H and O–H groups in total. The van der Waals surface area contributed by atoms with Gasteiger partial charge >= 0.3 is 0 Å². The molecule has 4 heterocycles. The topological polar surface area (TPSA) is 54.3 Å². The van der Waals surface area contributed by atoms with Crippen LogP contribution in [-0.2, 0) is 17.9 Å². The second-order valence-electron chi connectivity index (χ2n) is 7.57. The van der Waals surface area contributed by atoms with Gasteiger partial charge in [0.05, 0.1) is 0 Å². The highest BCUT2D eigenvalue weighted by molar-refractivity contribution is 5.76. The Kier molecular flexibility index (Phi) is 5.29. The molecule has 2 atom stereocenters. The summed E-state index contributed by atoms with van der Waals surface area (Å²) in [6, 6.07) is 11.2. The second-order valence-corrected chi connectivity index (χ2v) is 7.57. The van der Waals surface area contributed by atoms with Crippen molar-refractivity contribution < 1.29 is 4.79 Å². The fraction of sp³-hybridized carbons (Fsp3) is 0.550. The standard InChI is InChI=1S/C20H27N5O/c26-20(7-4-10-25-16-21-15-22-25)24-13-18-8-9-19(14-24)23(12-18)11-17-5-2-1-3-6-17/h1-3,5-6,15-16,18-19H,4,7-14H2/t18-,19-/m1/s1. The maximum atomic E-state index is 12.7. The van der Waals surface area contributed by atoms with Gasteiger partial charge in [-0.3, -0.25) is 14.4 Å². The summed E-state index contributed by atoms with van der Waals surface area (Å²) < 4.78 is 1.79. The van der Waals surface area contributed by atoms with E-state index in [-0.39, 0.29) is 0 Å². The number of benzene rings is 1. The van der Waals surface area contributed by atoms with Crippen molar-refractivity contribution in [3.8, 4) is 0 Å². The summed E-state index contributed by atoms with van der Waals surface area (Å²) >= 11 is 0. The van der Waals surface area contributed by atoms with Gasteiger partial charge in [-0.05, 0) is 30.7 Å². The van der Waals surface area contributed by atoms with Crippen LogP contribution in [0.5, 0.6) is 0 Å². The Bertz CT molecular complexity index is 702. The van der Waals surface area contributed by atoms with Gasteiger partial charge in [0.15, 0.2) is 0 Å². The minimum Gasteiger partial charge on any atom is -0.341 e. The van der Waals surface area contributed by atoms with Crippen LogP contribution in [0.4, 0.5) is 0 Å². The summed E-state index contributed by atoms with van der Waals surface area (Å²) in [6.07, 6.45) is 7.12. The van der Waals surface area contributed by atoms with Crippen LogP contribution in [0.1, 0.15) is 31.2 Å². The van der Waals surface area contributed by atoms with Gasteiger partial charge in [0, 0.05) is 45.2 Å². The summed E-state index contributed by atoms with van der Waals surface area (Å²) in [5.41, 5.74) is 1.37. The van der Waals surface area contributed by atoms with Gasteiger partial charge in [-0.1, -0.05) is 30.3 Å². The highest BCUT2D eigenvalue weighted by Crippen LogP contribution is 2.29. The van der Waals surface area contributed by atoms with Crippen LogP contribution >= 0.6 is 0 Å². The maximum Gasteiger partial charge on any atom is 0.222 e. The molecule has 3 aliphatic rings. The third-order valence-electron chi connectivity index (χ3n) is 5.65. The second kappa shape index (κ2) is 7.99. The lowest BCUT2D eigenvalue weighted by atomic mass is 9.94. The molecule has 3 saturated heterocycles. The zero-order chi connectivity index (χ0) is 17.8. The average Bonchev–Trinajstić information content (AvgIpc) is 3.01. The van der Waals surface area contributed by atoms with E-state index in [1.165, 1.54) is 24.7 Å². The number of hydrogen-bond acceptors (Lipinski definition) is 4. The van der Waals surface area contributed by atoms with Gasteiger partial charge in [-0.25, -0.2) is 4.98 Å². The number of piperidine rings is 1. The fourth-order valence-corrected chi connectivity index (χ4v) is 4.29. The summed E-state index contributed by atoms with van der Waals surface area (Å²) in [5, 5.41) is 4.10. The number of hydrogen-bond donors (Lipinski definition) is 0. The normalized spacial score (nSPS) is 23.2. The Labute approximate surface area is 154 Å². The fourth-order valence-electron chi connectivity index (χ4n) is 4.29. The number of rotatable bonds is 6. The Morgan fingerprint density at radius 1 is 1.12 bits per heavy atom.